The standard InChI is InChI=1S/C17H35NO2/c1-5-6-7-8-9-10-11-12-13-16(18(3)4)14-15(2)17(19)20/h15-16H,5-14H2,1-4H3,(H,19,20). The van der Waals surface area contributed by atoms with Crippen molar-refractivity contribution in [3.63, 3.8) is 0 Å². The van der Waals surface area contributed by atoms with Gasteiger partial charge in [-0.05, 0) is 26.9 Å². The van der Waals surface area contributed by atoms with Crippen molar-refractivity contribution in [1.82, 2.24) is 4.90 Å². The lowest BCUT2D eigenvalue weighted by atomic mass is 9.96. The highest BCUT2D eigenvalue weighted by Gasteiger charge is 2.19. The number of unbranched alkanes of at least 4 members (excludes halogenated alkanes) is 7. The van der Waals surface area contributed by atoms with Crippen LogP contribution in [0.2, 0.25) is 0 Å². The van der Waals surface area contributed by atoms with E-state index in [-0.39, 0.29) is 5.92 Å². The molecule has 0 aromatic heterocycles. The third kappa shape index (κ3) is 10.2. The molecule has 0 amide bonds. The summed E-state index contributed by atoms with van der Waals surface area (Å²) in [5.41, 5.74) is 0. The minimum absolute atomic E-state index is 0.239. The molecular weight excluding hydrogens is 250 g/mol. The zero-order chi connectivity index (χ0) is 15.4. The van der Waals surface area contributed by atoms with Gasteiger partial charge in [0.1, 0.15) is 0 Å². The van der Waals surface area contributed by atoms with Crippen molar-refractivity contribution in [3.05, 3.63) is 0 Å². The Hall–Kier alpha value is -0.570. The average molecular weight is 285 g/mol. The summed E-state index contributed by atoms with van der Waals surface area (Å²) in [5.74, 6) is -0.913. The van der Waals surface area contributed by atoms with Crippen LogP contribution in [-0.4, -0.2) is 36.1 Å². The summed E-state index contributed by atoms with van der Waals surface area (Å²) >= 11 is 0. The third-order valence-corrected chi connectivity index (χ3v) is 4.17. The van der Waals surface area contributed by atoms with E-state index in [9.17, 15) is 4.79 Å². The molecule has 0 aromatic rings. The van der Waals surface area contributed by atoms with E-state index in [2.05, 4.69) is 25.9 Å². The number of hydrogen-bond acceptors (Lipinski definition) is 2. The van der Waals surface area contributed by atoms with E-state index in [0.717, 1.165) is 12.8 Å². The van der Waals surface area contributed by atoms with E-state index in [0.29, 0.717) is 6.04 Å². The Morgan fingerprint density at radius 2 is 1.50 bits per heavy atom. The highest BCUT2D eigenvalue weighted by molar-refractivity contribution is 5.69. The van der Waals surface area contributed by atoms with Crippen molar-refractivity contribution in [3.8, 4) is 0 Å². The van der Waals surface area contributed by atoms with Crippen LogP contribution in [0.25, 0.3) is 0 Å². The van der Waals surface area contributed by atoms with Crippen molar-refractivity contribution in [2.24, 2.45) is 5.92 Å². The fraction of sp³-hybridized carbons (Fsp3) is 0.941. The van der Waals surface area contributed by atoms with E-state index >= 15 is 0 Å². The van der Waals surface area contributed by atoms with Crippen LogP contribution in [0.4, 0.5) is 0 Å². The van der Waals surface area contributed by atoms with Crippen molar-refractivity contribution in [2.45, 2.75) is 84.1 Å². The van der Waals surface area contributed by atoms with Crippen LogP contribution in [0, 0.1) is 5.92 Å². The van der Waals surface area contributed by atoms with Crippen LogP contribution < -0.4 is 0 Å². The zero-order valence-corrected chi connectivity index (χ0v) is 14.0. The molecule has 0 aliphatic heterocycles. The maximum Gasteiger partial charge on any atom is 0.306 e. The Morgan fingerprint density at radius 1 is 1.00 bits per heavy atom. The summed E-state index contributed by atoms with van der Waals surface area (Å²) in [6.07, 6.45) is 12.5. The second-order valence-electron chi connectivity index (χ2n) is 6.36. The fourth-order valence-electron chi connectivity index (χ4n) is 2.61. The van der Waals surface area contributed by atoms with Gasteiger partial charge in [0.25, 0.3) is 0 Å². The number of aliphatic carboxylic acids is 1. The van der Waals surface area contributed by atoms with Gasteiger partial charge in [-0.3, -0.25) is 4.79 Å². The van der Waals surface area contributed by atoms with Gasteiger partial charge in [0.2, 0.25) is 0 Å². The lowest BCUT2D eigenvalue weighted by molar-refractivity contribution is -0.141. The molecule has 1 N–H and O–H groups in total. The Bertz CT molecular complexity index is 241. The molecular formula is C17H35NO2. The number of nitrogens with zero attached hydrogens (tertiary/aromatic N) is 1. The Kier molecular flexibility index (Phi) is 11.8. The van der Waals surface area contributed by atoms with Crippen LogP contribution in [0.1, 0.15) is 78.1 Å². The smallest absolute Gasteiger partial charge is 0.306 e. The molecule has 0 aliphatic rings. The van der Waals surface area contributed by atoms with Crippen molar-refractivity contribution >= 4 is 5.97 Å². The van der Waals surface area contributed by atoms with E-state index in [1.54, 1.807) is 0 Å². The van der Waals surface area contributed by atoms with Gasteiger partial charge in [0, 0.05) is 6.04 Å². The van der Waals surface area contributed by atoms with Crippen molar-refractivity contribution in [1.29, 1.82) is 0 Å². The first-order chi connectivity index (χ1) is 9.49. The van der Waals surface area contributed by atoms with Crippen molar-refractivity contribution < 1.29 is 9.90 Å². The van der Waals surface area contributed by atoms with Crippen LogP contribution in [-0.2, 0) is 4.79 Å². The normalized spacial score (nSPS) is 14.4. The molecule has 0 bridgehead atoms. The van der Waals surface area contributed by atoms with E-state index in [1.807, 2.05) is 6.92 Å². The summed E-state index contributed by atoms with van der Waals surface area (Å²) in [5, 5.41) is 9.01. The van der Waals surface area contributed by atoms with E-state index < -0.39 is 5.97 Å². The molecule has 120 valence electrons. The first-order valence-corrected chi connectivity index (χ1v) is 8.38. The SMILES string of the molecule is CCCCCCCCCCC(CC(C)C(=O)O)N(C)C. The molecule has 0 aromatic carbocycles. The second-order valence-corrected chi connectivity index (χ2v) is 6.36. The highest BCUT2D eigenvalue weighted by Crippen LogP contribution is 2.17. The highest BCUT2D eigenvalue weighted by atomic mass is 16.4. The molecule has 3 heteroatoms. The third-order valence-electron chi connectivity index (χ3n) is 4.17. The minimum Gasteiger partial charge on any atom is -0.481 e. The topological polar surface area (TPSA) is 40.5 Å². The van der Waals surface area contributed by atoms with Crippen LogP contribution >= 0.6 is 0 Å². The molecule has 2 unspecified atom stereocenters. The largest absolute Gasteiger partial charge is 0.481 e. The summed E-state index contributed by atoms with van der Waals surface area (Å²) in [6, 6.07) is 0.404. The summed E-state index contributed by atoms with van der Waals surface area (Å²) in [4.78, 5) is 13.1. The van der Waals surface area contributed by atoms with Gasteiger partial charge in [-0.25, -0.2) is 0 Å². The number of carbonyl (C=O) groups is 1. The molecule has 0 spiro atoms. The molecule has 3 nitrogen and oxygen atoms in total. The van der Waals surface area contributed by atoms with Gasteiger partial charge in [-0.15, -0.1) is 0 Å². The number of rotatable bonds is 13. The number of carboxylic acid groups (broad SMARTS) is 1. The molecule has 20 heavy (non-hydrogen) atoms. The van der Waals surface area contributed by atoms with Gasteiger partial charge in [0.15, 0.2) is 0 Å². The molecule has 0 aliphatic carbocycles. The quantitative estimate of drug-likeness (QED) is 0.504. The predicted molar refractivity (Wildman–Crippen MR) is 86.1 cm³/mol. The zero-order valence-electron chi connectivity index (χ0n) is 14.0. The molecule has 0 radical (unpaired) electrons. The van der Waals surface area contributed by atoms with E-state index in [4.69, 9.17) is 5.11 Å². The Morgan fingerprint density at radius 3 is 1.95 bits per heavy atom. The minimum atomic E-state index is -0.673. The predicted octanol–water partition coefficient (Wildman–Crippen LogP) is 4.56. The molecule has 0 heterocycles. The van der Waals surface area contributed by atoms with Gasteiger partial charge < -0.3 is 10.0 Å². The van der Waals surface area contributed by atoms with Gasteiger partial charge in [0.05, 0.1) is 5.92 Å². The summed E-state index contributed by atoms with van der Waals surface area (Å²) in [7, 11) is 4.12. The maximum atomic E-state index is 10.9. The first kappa shape index (κ1) is 19.4. The summed E-state index contributed by atoms with van der Waals surface area (Å²) < 4.78 is 0. The Labute approximate surface area is 125 Å². The average Bonchev–Trinajstić information content (AvgIpc) is 2.39. The fourth-order valence-corrected chi connectivity index (χ4v) is 2.61. The lowest BCUT2D eigenvalue weighted by Crippen LogP contribution is -2.31. The molecule has 0 saturated heterocycles. The van der Waals surface area contributed by atoms with Crippen LogP contribution in [0.3, 0.4) is 0 Å². The van der Waals surface area contributed by atoms with E-state index in [1.165, 1.54) is 51.4 Å². The molecule has 0 rings (SSSR count). The monoisotopic (exact) mass is 285 g/mol. The first-order valence-electron chi connectivity index (χ1n) is 8.38. The van der Waals surface area contributed by atoms with Crippen LogP contribution in [0.15, 0.2) is 0 Å². The van der Waals surface area contributed by atoms with Gasteiger partial charge in [-0.1, -0.05) is 65.2 Å². The van der Waals surface area contributed by atoms with Gasteiger partial charge >= 0.3 is 5.97 Å². The van der Waals surface area contributed by atoms with Crippen molar-refractivity contribution in [2.75, 3.05) is 14.1 Å². The maximum absolute atomic E-state index is 10.9. The Balaban J connectivity index is 3.69. The second kappa shape index (κ2) is 12.2. The number of carboxylic acids is 1. The molecule has 0 fully saturated rings. The molecule has 2 atom stereocenters. The molecule has 0 saturated carbocycles. The van der Waals surface area contributed by atoms with Crippen LogP contribution in [0.5, 0.6) is 0 Å². The lowest BCUT2D eigenvalue weighted by Gasteiger charge is -2.25. The summed E-state index contributed by atoms with van der Waals surface area (Å²) in [6.45, 7) is 4.06. The number of hydrogen-bond donors (Lipinski definition) is 1. The van der Waals surface area contributed by atoms with Gasteiger partial charge in [-0.2, -0.15) is 0 Å².